The summed E-state index contributed by atoms with van der Waals surface area (Å²) in [5.74, 6) is 0.0450. The number of rotatable bonds is 8. The van der Waals surface area contributed by atoms with E-state index in [1.165, 1.54) is 60.8 Å². The summed E-state index contributed by atoms with van der Waals surface area (Å²) in [6, 6.07) is 76.9. The fraction of sp³-hybridized carbons (Fsp3) is 0.0545. The minimum Gasteiger partial charge on any atom is -0.331 e. The number of hydrogen-bond acceptors (Lipinski definition) is 1. The number of nitrogens with zero attached hydrogens (tertiary/aromatic N) is 2. The number of allylic oxidation sites excluding steroid dienone is 2. The lowest BCUT2D eigenvalue weighted by molar-refractivity contribution is 0.507. The van der Waals surface area contributed by atoms with Gasteiger partial charge in [0, 0.05) is 33.8 Å². The molecule has 1 aliphatic carbocycles. The van der Waals surface area contributed by atoms with Crippen molar-refractivity contribution < 1.29 is 0 Å². The molecule has 0 radical (unpaired) electrons. The highest BCUT2D eigenvalue weighted by molar-refractivity contribution is 6.15. The van der Waals surface area contributed by atoms with E-state index >= 15 is 0 Å². The minimum absolute atomic E-state index is 0.0450. The Morgan fingerprint density at radius 1 is 0.474 bits per heavy atom. The zero-order chi connectivity index (χ0) is 38.2. The summed E-state index contributed by atoms with van der Waals surface area (Å²) in [4.78, 5) is 2.56. The van der Waals surface area contributed by atoms with Gasteiger partial charge in [-0.3, -0.25) is 0 Å². The molecule has 10 rings (SSSR count). The van der Waals surface area contributed by atoms with Crippen LogP contribution in [0, 0.1) is 0 Å². The Hall–Kier alpha value is -7.16. The van der Waals surface area contributed by atoms with Gasteiger partial charge in [0.2, 0.25) is 0 Å². The van der Waals surface area contributed by atoms with Crippen molar-refractivity contribution in [1.29, 1.82) is 0 Å². The first kappa shape index (κ1) is 34.3. The molecule has 0 saturated carbocycles. The molecule has 2 nitrogen and oxygen atoms in total. The fourth-order valence-corrected chi connectivity index (χ4v) is 8.96. The van der Waals surface area contributed by atoms with Crippen molar-refractivity contribution in [2.75, 3.05) is 4.90 Å². The van der Waals surface area contributed by atoms with Gasteiger partial charge in [-0.1, -0.05) is 182 Å². The predicted octanol–water partition coefficient (Wildman–Crippen LogP) is 14.5. The van der Waals surface area contributed by atoms with Gasteiger partial charge in [0.05, 0.1) is 16.6 Å². The first-order chi connectivity index (χ1) is 28.2. The highest BCUT2D eigenvalue weighted by atomic mass is 15.2. The average molecular weight is 731 g/mol. The van der Waals surface area contributed by atoms with Crippen LogP contribution in [-0.4, -0.2) is 10.1 Å². The molecule has 1 aromatic heterocycles. The summed E-state index contributed by atoms with van der Waals surface area (Å²) in [5.41, 5.74) is 13.9. The minimum atomic E-state index is -0.470. The molecule has 2 atom stereocenters. The maximum atomic E-state index is 2.56. The van der Waals surface area contributed by atoms with E-state index in [0.717, 1.165) is 17.1 Å². The van der Waals surface area contributed by atoms with Crippen LogP contribution in [-0.2, 0) is 0 Å². The maximum Gasteiger partial charge on any atom is 0.0711 e. The van der Waals surface area contributed by atoms with E-state index in [4.69, 9.17) is 0 Å². The van der Waals surface area contributed by atoms with Crippen LogP contribution in [0.2, 0.25) is 0 Å². The summed E-state index contributed by atoms with van der Waals surface area (Å²) in [6.45, 7) is 2.39. The van der Waals surface area contributed by atoms with Crippen LogP contribution in [0.15, 0.2) is 231 Å². The van der Waals surface area contributed by atoms with Crippen molar-refractivity contribution >= 4 is 38.8 Å². The monoisotopic (exact) mass is 730 g/mol. The van der Waals surface area contributed by atoms with Gasteiger partial charge in [-0.15, -0.1) is 0 Å². The van der Waals surface area contributed by atoms with Gasteiger partial charge in [0.15, 0.2) is 0 Å². The van der Waals surface area contributed by atoms with Gasteiger partial charge in [-0.05, 0) is 94.4 Å². The second-order valence-corrected chi connectivity index (χ2v) is 15.1. The van der Waals surface area contributed by atoms with Crippen LogP contribution in [0.1, 0.15) is 24.0 Å². The van der Waals surface area contributed by atoms with Crippen LogP contribution < -0.4 is 4.90 Å². The highest BCUT2D eigenvalue weighted by Crippen LogP contribution is 2.48. The molecule has 0 aliphatic heterocycles. The third-order valence-corrected chi connectivity index (χ3v) is 11.7. The van der Waals surface area contributed by atoms with E-state index in [0.29, 0.717) is 0 Å². The van der Waals surface area contributed by atoms with Crippen molar-refractivity contribution in [1.82, 2.24) is 4.57 Å². The predicted molar refractivity (Wildman–Crippen MR) is 241 cm³/mol. The average Bonchev–Trinajstić information content (AvgIpc) is 3.63. The van der Waals surface area contributed by atoms with Gasteiger partial charge in [0.1, 0.15) is 0 Å². The van der Waals surface area contributed by atoms with Gasteiger partial charge >= 0.3 is 0 Å². The molecule has 0 fully saturated rings. The number of hydrogen-bond donors (Lipinski definition) is 0. The highest BCUT2D eigenvalue weighted by Gasteiger charge is 2.41. The molecule has 2 unspecified atom stereocenters. The molecular formula is C55H42N2. The molecule has 57 heavy (non-hydrogen) atoms. The van der Waals surface area contributed by atoms with E-state index in [1.807, 2.05) is 0 Å². The van der Waals surface area contributed by atoms with Crippen LogP contribution >= 0.6 is 0 Å². The van der Waals surface area contributed by atoms with Crippen LogP contribution in [0.25, 0.3) is 55.3 Å². The lowest BCUT2D eigenvalue weighted by Gasteiger charge is -2.47. The Kier molecular flexibility index (Phi) is 8.73. The number of fused-ring (bicyclic) bond motifs is 3. The quantitative estimate of drug-likeness (QED) is 0.151. The fourth-order valence-electron chi connectivity index (χ4n) is 8.96. The summed E-state index contributed by atoms with van der Waals surface area (Å²) < 4.78 is 2.40. The van der Waals surface area contributed by atoms with Gasteiger partial charge < -0.3 is 9.47 Å². The van der Waals surface area contributed by atoms with Crippen LogP contribution in [0.3, 0.4) is 0 Å². The summed E-state index contributed by atoms with van der Waals surface area (Å²) in [7, 11) is 0. The molecular weight excluding hydrogens is 689 g/mol. The van der Waals surface area contributed by atoms with Crippen molar-refractivity contribution in [3.63, 3.8) is 0 Å². The Labute approximate surface area is 334 Å². The standard InChI is InChI=1S/C55H42N2/c1-55(37-36-44(41-20-8-3-9-21-41)39-51(55)43-22-10-4-11-23-43)57(47-34-32-42(33-35-47)40-18-6-2-7-19-40)48-27-16-24-45(38-48)49-29-17-31-53-54(49)50-28-14-15-30-52(50)56(53)46-25-12-5-13-26-46/h2-39,51H,1H3. The molecule has 9 aromatic rings. The van der Waals surface area contributed by atoms with Gasteiger partial charge in [0.25, 0.3) is 0 Å². The zero-order valence-electron chi connectivity index (χ0n) is 31.9. The van der Waals surface area contributed by atoms with E-state index in [9.17, 15) is 0 Å². The Morgan fingerprint density at radius 2 is 1.05 bits per heavy atom. The van der Waals surface area contributed by atoms with Crippen molar-refractivity contribution in [3.05, 3.63) is 242 Å². The third kappa shape index (κ3) is 6.16. The van der Waals surface area contributed by atoms with E-state index in [2.05, 4.69) is 247 Å². The second-order valence-electron chi connectivity index (χ2n) is 15.1. The molecule has 0 spiro atoms. The van der Waals surface area contributed by atoms with E-state index in [1.54, 1.807) is 0 Å². The molecule has 8 aromatic carbocycles. The Bertz CT molecular complexity index is 2890. The van der Waals surface area contributed by atoms with Crippen molar-refractivity contribution in [2.24, 2.45) is 0 Å². The van der Waals surface area contributed by atoms with E-state index in [-0.39, 0.29) is 5.92 Å². The van der Waals surface area contributed by atoms with Gasteiger partial charge in [-0.2, -0.15) is 0 Å². The maximum absolute atomic E-state index is 2.56. The Balaban J connectivity index is 1.17. The van der Waals surface area contributed by atoms with Gasteiger partial charge in [-0.25, -0.2) is 0 Å². The lowest BCUT2D eigenvalue weighted by Crippen LogP contribution is -2.47. The zero-order valence-corrected chi connectivity index (χ0v) is 31.9. The molecule has 0 saturated heterocycles. The van der Waals surface area contributed by atoms with Crippen molar-refractivity contribution in [2.45, 2.75) is 18.4 Å². The topological polar surface area (TPSA) is 8.17 Å². The molecule has 1 aliphatic rings. The van der Waals surface area contributed by atoms with Crippen LogP contribution in [0.4, 0.5) is 11.4 Å². The molecule has 0 amide bonds. The largest absolute Gasteiger partial charge is 0.331 e. The Morgan fingerprint density at radius 3 is 1.79 bits per heavy atom. The third-order valence-electron chi connectivity index (χ3n) is 11.7. The smallest absolute Gasteiger partial charge is 0.0711 e. The number of benzene rings is 8. The summed E-state index contributed by atoms with van der Waals surface area (Å²) in [6.07, 6.45) is 7.22. The second kappa shape index (κ2) is 14.5. The molecule has 0 bridgehead atoms. The molecule has 2 heteroatoms. The summed E-state index contributed by atoms with van der Waals surface area (Å²) >= 11 is 0. The van der Waals surface area contributed by atoms with E-state index < -0.39 is 5.54 Å². The van der Waals surface area contributed by atoms with Crippen molar-refractivity contribution in [3.8, 4) is 27.9 Å². The summed E-state index contributed by atoms with van der Waals surface area (Å²) in [5, 5.41) is 2.50. The molecule has 272 valence electrons. The number of anilines is 2. The first-order valence-corrected chi connectivity index (χ1v) is 19.8. The SMILES string of the molecule is CC1(N(c2ccc(-c3ccccc3)cc2)c2cccc(-c3cccc4c3c3ccccc3n4-c3ccccc3)c2)C=CC(c2ccccc2)=CC1c1ccccc1. The lowest BCUT2D eigenvalue weighted by atomic mass is 9.73. The molecule has 1 heterocycles. The normalized spacial score (nSPS) is 16.4. The molecule has 0 N–H and O–H groups in total. The first-order valence-electron chi connectivity index (χ1n) is 19.8. The number of aromatic nitrogens is 1. The van der Waals surface area contributed by atoms with Crippen LogP contribution in [0.5, 0.6) is 0 Å². The number of para-hydroxylation sites is 2.